The Hall–Kier alpha value is -2.89. The molecule has 0 bridgehead atoms. The van der Waals surface area contributed by atoms with Gasteiger partial charge in [0, 0.05) is 25.9 Å². The minimum atomic E-state index is -0.966. The minimum absolute atomic E-state index is 0.168. The SMILES string of the molecule is Cn1cc(CCCNC(=O)/C=C/c2ccc(C(=O)O)cc2)cn1. The Labute approximate surface area is 134 Å². The molecule has 1 heterocycles. The van der Waals surface area contributed by atoms with E-state index in [1.807, 2.05) is 19.4 Å². The Morgan fingerprint density at radius 2 is 2.04 bits per heavy atom. The maximum absolute atomic E-state index is 11.7. The topological polar surface area (TPSA) is 84.2 Å². The molecule has 1 aromatic heterocycles. The molecule has 1 aromatic carbocycles. The molecule has 6 heteroatoms. The molecule has 0 spiro atoms. The second kappa shape index (κ2) is 7.93. The number of hydrogen-bond acceptors (Lipinski definition) is 3. The standard InChI is InChI=1S/C17H19N3O3/c1-20-12-14(11-19-20)3-2-10-18-16(21)9-6-13-4-7-15(8-5-13)17(22)23/h4-9,11-12H,2-3,10H2,1H3,(H,18,21)(H,22,23)/b9-6+. The van der Waals surface area contributed by atoms with Crippen LogP contribution in [0.1, 0.15) is 27.9 Å². The van der Waals surface area contributed by atoms with Crippen molar-refractivity contribution in [1.82, 2.24) is 15.1 Å². The predicted octanol–water partition coefficient (Wildman–Crippen LogP) is 1.88. The first-order chi connectivity index (χ1) is 11.0. The third kappa shape index (κ3) is 5.43. The predicted molar refractivity (Wildman–Crippen MR) is 87.0 cm³/mol. The normalized spacial score (nSPS) is 10.8. The summed E-state index contributed by atoms with van der Waals surface area (Å²) in [5.74, 6) is -1.13. The van der Waals surface area contributed by atoms with E-state index in [-0.39, 0.29) is 11.5 Å². The number of carboxylic acids is 1. The Kier molecular flexibility index (Phi) is 5.68. The number of carbonyl (C=O) groups is 2. The number of aromatic nitrogens is 2. The molecule has 0 saturated carbocycles. The van der Waals surface area contributed by atoms with E-state index in [0.29, 0.717) is 6.54 Å². The zero-order valence-electron chi connectivity index (χ0n) is 12.9. The number of carboxylic acid groups (broad SMARTS) is 1. The first-order valence-corrected chi connectivity index (χ1v) is 7.31. The molecule has 23 heavy (non-hydrogen) atoms. The van der Waals surface area contributed by atoms with Gasteiger partial charge in [-0.05, 0) is 42.2 Å². The van der Waals surface area contributed by atoms with Crippen molar-refractivity contribution in [2.45, 2.75) is 12.8 Å². The molecule has 0 fully saturated rings. The summed E-state index contributed by atoms with van der Waals surface area (Å²) in [5, 5.41) is 15.7. The second-order valence-electron chi connectivity index (χ2n) is 5.18. The van der Waals surface area contributed by atoms with Crippen molar-refractivity contribution in [3.8, 4) is 0 Å². The summed E-state index contributed by atoms with van der Waals surface area (Å²) < 4.78 is 1.76. The van der Waals surface area contributed by atoms with E-state index >= 15 is 0 Å². The van der Waals surface area contributed by atoms with Crippen molar-refractivity contribution in [3.63, 3.8) is 0 Å². The van der Waals surface area contributed by atoms with E-state index < -0.39 is 5.97 Å². The lowest BCUT2D eigenvalue weighted by atomic mass is 10.1. The third-order valence-electron chi connectivity index (χ3n) is 3.28. The van der Waals surface area contributed by atoms with Gasteiger partial charge in [0.05, 0.1) is 11.8 Å². The molecular formula is C17H19N3O3. The highest BCUT2D eigenvalue weighted by atomic mass is 16.4. The molecule has 1 amide bonds. The Balaban J connectivity index is 1.72. The van der Waals surface area contributed by atoms with E-state index in [4.69, 9.17) is 5.11 Å². The molecule has 6 nitrogen and oxygen atoms in total. The van der Waals surface area contributed by atoms with Crippen LogP contribution in [-0.4, -0.2) is 33.3 Å². The molecule has 2 N–H and O–H groups in total. The zero-order chi connectivity index (χ0) is 16.7. The van der Waals surface area contributed by atoms with Crippen molar-refractivity contribution >= 4 is 18.0 Å². The number of rotatable bonds is 7. The maximum atomic E-state index is 11.7. The van der Waals surface area contributed by atoms with Gasteiger partial charge in [-0.1, -0.05) is 12.1 Å². The number of benzene rings is 1. The van der Waals surface area contributed by atoms with Crippen LogP contribution in [0.4, 0.5) is 0 Å². The van der Waals surface area contributed by atoms with E-state index in [2.05, 4.69) is 10.4 Å². The van der Waals surface area contributed by atoms with Crippen LogP contribution in [0.15, 0.2) is 42.7 Å². The highest BCUT2D eigenvalue weighted by Gasteiger charge is 2.01. The van der Waals surface area contributed by atoms with Gasteiger partial charge in [-0.25, -0.2) is 4.79 Å². The summed E-state index contributed by atoms with van der Waals surface area (Å²) in [6.07, 6.45) is 8.60. The number of hydrogen-bond donors (Lipinski definition) is 2. The maximum Gasteiger partial charge on any atom is 0.335 e. The highest BCUT2D eigenvalue weighted by Crippen LogP contribution is 2.06. The summed E-state index contributed by atoms with van der Waals surface area (Å²) in [6, 6.07) is 6.34. The average molecular weight is 313 g/mol. The monoisotopic (exact) mass is 313 g/mol. The van der Waals surface area contributed by atoms with Gasteiger partial charge < -0.3 is 10.4 Å². The van der Waals surface area contributed by atoms with Crippen molar-refractivity contribution < 1.29 is 14.7 Å². The van der Waals surface area contributed by atoms with E-state index in [9.17, 15) is 9.59 Å². The largest absolute Gasteiger partial charge is 0.478 e. The average Bonchev–Trinajstić information content (AvgIpc) is 2.95. The fourth-order valence-electron chi connectivity index (χ4n) is 2.07. The van der Waals surface area contributed by atoms with Gasteiger partial charge in [0.15, 0.2) is 0 Å². The molecule has 0 aliphatic heterocycles. The van der Waals surface area contributed by atoms with Crippen LogP contribution in [-0.2, 0) is 18.3 Å². The van der Waals surface area contributed by atoms with Gasteiger partial charge in [-0.3, -0.25) is 9.48 Å². The van der Waals surface area contributed by atoms with E-state index in [0.717, 1.165) is 24.0 Å². The molecule has 2 rings (SSSR count). The fraction of sp³-hybridized carbons (Fsp3) is 0.235. The minimum Gasteiger partial charge on any atom is -0.478 e. The first-order valence-electron chi connectivity index (χ1n) is 7.31. The molecule has 0 unspecified atom stereocenters. The van der Waals surface area contributed by atoms with E-state index in [1.54, 1.807) is 22.9 Å². The van der Waals surface area contributed by atoms with Crippen LogP contribution in [0.2, 0.25) is 0 Å². The smallest absolute Gasteiger partial charge is 0.335 e. The number of aromatic carboxylic acids is 1. The Bertz CT molecular complexity index is 702. The Morgan fingerprint density at radius 3 is 2.65 bits per heavy atom. The van der Waals surface area contributed by atoms with Crippen LogP contribution in [0, 0.1) is 0 Å². The second-order valence-corrected chi connectivity index (χ2v) is 5.18. The zero-order valence-corrected chi connectivity index (χ0v) is 12.9. The van der Waals surface area contributed by atoms with Crippen LogP contribution in [0.3, 0.4) is 0 Å². The van der Waals surface area contributed by atoms with Crippen molar-refractivity contribution in [2.75, 3.05) is 6.54 Å². The van der Waals surface area contributed by atoms with Crippen molar-refractivity contribution in [3.05, 3.63) is 59.4 Å². The molecule has 2 aromatic rings. The third-order valence-corrected chi connectivity index (χ3v) is 3.28. The van der Waals surface area contributed by atoms with Gasteiger partial charge in [0.2, 0.25) is 5.91 Å². The summed E-state index contributed by atoms with van der Waals surface area (Å²) in [4.78, 5) is 22.4. The first kappa shape index (κ1) is 16.5. The molecule has 0 saturated heterocycles. The summed E-state index contributed by atoms with van der Waals surface area (Å²) >= 11 is 0. The number of aryl methyl sites for hydroxylation is 2. The molecule has 120 valence electrons. The van der Waals surface area contributed by atoms with Gasteiger partial charge in [0.1, 0.15) is 0 Å². The summed E-state index contributed by atoms with van der Waals surface area (Å²) in [7, 11) is 1.87. The molecule has 0 aliphatic carbocycles. The molecular weight excluding hydrogens is 294 g/mol. The number of nitrogens with one attached hydrogen (secondary N) is 1. The lowest BCUT2D eigenvalue weighted by Gasteiger charge is -2.01. The molecule has 0 atom stereocenters. The van der Waals surface area contributed by atoms with Gasteiger partial charge >= 0.3 is 5.97 Å². The van der Waals surface area contributed by atoms with Crippen LogP contribution in [0.5, 0.6) is 0 Å². The highest BCUT2D eigenvalue weighted by molar-refractivity contribution is 5.92. The number of amides is 1. The van der Waals surface area contributed by atoms with Crippen LogP contribution < -0.4 is 5.32 Å². The van der Waals surface area contributed by atoms with Crippen LogP contribution in [0.25, 0.3) is 6.08 Å². The lowest BCUT2D eigenvalue weighted by molar-refractivity contribution is -0.116. The number of carbonyl (C=O) groups excluding carboxylic acids is 1. The fourth-order valence-corrected chi connectivity index (χ4v) is 2.07. The molecule has 0 aliphatic rings. The van der Waals surface area contributed by atoms with Crippen molar-refractivity contribution in [2.24, 2.45) is 7.05 Å². The van der Waals surface area contributed by atoms with Gasteiger partial charge in [-0.2, -0.15) is 5.10 Å². The lowest BCUT2D eigenvalue weighted by Crippen LogP contribution is -2.22. The molecule has 0 radical (unpaired) electrons. The summed E-state index contributed by atoms with van der Waals surface area (Å²) in [6.45, 7) is 0.593. The number of nitrogens with zero attached hydrogens (tertiary/aromatic N) is 2. The van der Waals surface area contributed by atoms with Crippen molar-refractivity contribution in [1.29, 1.82) is 0 Å². The van der Waals surface area contributed by atoms with Crippen LogP contribution >= 0.6 is 0 Å². The van der Waals surface area contributed by atoms with Gasteiger partial charge in [-0.15, -0.1) is 0 Å². The van der Waals surface area contributed by atoms with Gasteiger partial charge in [0.25, 0.3) is 0 Å². The van der Waals surface area contributed by atoms with E-state index in [1.165, 1.54) is 18.2 Å². The summed E-state index contributed by atoms with van der Waals surface area (Å²) in [5.41, 5.74) is 2.15. The quantitative estimate of drug-likeness (QED) is 0.604. The Morgan fingerprint density at radius 1 is 1.30 bits per heavy atom.